The van der Waals surface area contributed by atoms with E-state index in [4.69, 9.17) is 0 Å². The summed E-state index contributed by atoms with van der Waals surface area (Å²) >= 11 is 1.41. The van der Waals surface area contributed by atoms with Crippen LogP contribution in [0.4, 0.5) is 0 Å². The van der Waals surface area contributed by atoms with Gasteiger partial charge in [0.25, 0.3) is 0 Å². The summed E-state index contributed by atoms with van der Waals surface area (Å²) in [4.78, 5) is 14.9. The number of fused-ring (bicyclic) bond motifs is 1. The second kappa shape index (κ2) is 8.87. The van der Waals surface area contributed by atoms with Gasteiger partial charge in [0.05, 0.1) is 17.3 Å². The predicted octanol–water partition coefficient (Wildman–Crippen LogP) is 2.31. The highest BCUT2D eigenvalue weighted by molar-refractivity contribution is 7.99. The molecule has 29 heavy (non-hydrogen) atoms. The standard InChI is InChI=1S/C20H26N4O3S2/c25-19(14-28-20-22-21-18-9-5-2-6-11-23(18)20)24(13-16-7-3-1-4-8-16)17-10-12-29(26,27)15-17/h1,3-4,7-8,17H,2,5-6,9-15H2/t17-/m0/s1. The molecule has 0 radical (unpaired) electrons. The van der Waals surface area contributed by atoms with Crippen molar-refractivity contribution in [1.82, 2.24) is 19.7 Å². The first-order valence-electron chi connectivity index (χ1n) is 10.1. The van der Waals surface area contributed by atoms with Crippen molar-refractivity contribution in [3.63, 3.8) is 0 Å². The number of nitrogens with zero attached hydrogens (tertiary/aromatic N) is 4. The Morgan fingerprint density at radius 3 is 2.76 bits per heavy atom. The fraction of sp³-hybridized carbons (Fsp3) is 0.550. The van der Waals surface area contributed by atoms with Crippen molar-refractivity contribution < 1.29 is 13.2 Å². The minimum atomic E-state index is -3.07. The van der Waals surface area contributed by atoms with Gasteiger partial charge in [0, 0.05) is 25.6 Å². The smallest absolute Gasteiger partial charge is 0.233 e. The molecule has 7 nitrogen and oxygen atoms in total. The Hall–Kier alpha value is -1.87. The molecule has 2 aliphatic rings. The average Bonchev–Trinajstić information content (AvgIpc) is 3.18. The number of benzene rings is 1. The Bertz CT molecular complexity index is 959. The lowest BCUT2D eigenvalue weighted by Crippen LogP contribution is -2.41. The summed E-state index contributed by atoms with van der Waals surface area (Å²) < 4.78 is 26.1. The second-order valence-corrected chi connectivity index (χ2v) is 10.9. The van der Waals surface area contributed by atoms with Crippen LogP contribution in [0.3, 0.4) is 0 Å². The molecular formula is C20H26N4O3S2. The summed E-state index contributed by atoms with van der Waals surface area (Å²) in [5.41, 5.74) is 1.01. The molecule has 0 bridgehead atoms. The third kappa shape index (κ3) is 5.01. The van der Waals surface area contributed by atoms with Crippen molar-refractivity contribution in [1.29, 1.82) is 0 Å². The molecule has 1 atom stereocenters. The minimum Gasteiger partial charge on any atom is -0.334 e. The highest BCUT2D eigenvalue weighted by Crippen LogP contribution is 2.25. The largest absolute Gasteiger partial charge is 0.334 e. The first kappa shape index (κ1) is 20.4. The van der Waals surface area contributed by atoms with Gasteiger partial charge >= 0.3 is 0 Å². The molecule has 9 heteroatoms. The molecule has 1 aromatic heterocycles. The predicted molar refractivity (Wildman–Crippen MR) is 112 cm³/mol. The number of carbonyl (C=O) groups excluding carboxylic acids is 1. The summed E-state index contributed by atoms with van der Waals surface area (Å²) in [7, 11) is -3.07. The van der Waals surface area contributed by atoms with Crippen molar-refractivity contribution in [2.45, 2.75) is 56.4 Å². The Kier molecular flexibility index (Phi) is 6.24. The van der Waals surface area contributed by atoms with E-state index in [2.05, 4.69) is 14.8 Å². The Balaban J connectivity index is 1.47. The molecular weight excluding hydrogens is 408 g/mol. The van der Waals surface area contributed by atoms with Crippen LogP contribution < -0.4 is 0 Å². The van der Waals surface area contributed by atoms with Crippen molar-refractivity contribution in [3.8, 4) is 0 Å². The van der Waals surface area contributed by atoms with Crippen LogP contribution >= 0.6 is 11.8 Å². The van der Waals surface area contributed by atoms with E-state index in [9.17, 15) is 13.2 Å². The SMILES string of the molecule is O=C(CSc1nnc2n1CCCCC2)N(Cc1ccccc1)[C@H]1CCS(=O)(=O)C1. The van der Waals surface area contributed by atoms with E-state index in [1.54, 1.807) is 4.90 Å². The van der Waals surface area contributed by atoms with Crippen LogP contribution in [-0.2, 0) is 34.1 Å². The average molecular weight is 435 g/mol. The first-order chi connectivity index (χ1) is 14.0. The maximum Gasteiger partial charge on any atom is 0.233 e. The van der Waals surface area contributed by atoms with Crippen LogP contribution in [0.25, 0.3) is 0 Å². The summed E-state index contributed by atoms with van der Waals surface area (Å²) in [6, 6.07) is 9.48. The van der Waals surface area contributed by atoms with E-state index in [1.807, 2.05) is 30.3 Å². The van der Waals surface area contributed by atoms with Crippen LogP contribution in [0, 0.1) is 0 Å². The van der Waals surface area contributed by atoms with E-state index < -0.39 is 9.84 Å². The summed E-state index contributed by atoms with van der Waals surface area (Å²) in [6.07, 6.45) is 4.86. The van der Waals surface area contributed by atoms with Gasteiger partial charge in [-0.05, 0) is 24.8 Å². The first-order valence-corrected chi connectivity index (χ1v) is 12.9. The fourth-order valence-electron chi connectivity index (χ4n) is 4.00. The third-order valence-electron chi connectivity index (χ3n) is 5.57. The lowest BCUT2D eigenvalue weighted by atomic mass is 10.1. The van der Waals surface area contributed by atoms with Crippen LogP contribution in [-0.4, -0.2) is 57.3 Å². The van der Waals surface area contributed by atoms with Crippen molar-refractivity contribution in [2.24, 2.45) is 0 Å². The van der Waals surface area contributed by atoms with Gasteiger partial charge in [0.2, 0.25) is 5.91 Å². The third-order valence-corrected chi connectivity index (χ3v) is 8.27. The molecule has 2 aromatic rings. The zero-order chi connectivity index (χ0) is 20.3. The minimum absolute atomic E-state index is 0.0491. The summed E-state index contributed by atoms with van der Waals surface area (Å²) in [6.45, 7) is 1.33. The molecule has 1 amide bonds. The van der Waals surface area contributed by atoms with Gasteiger partial charge < -0.3 is 9.47 Å². The molecule has 0 N–H and O–H groups in total. The number of rotatable bonds is 6. The van der Waals surface area contributed by atoms with E-state index >= 15 is 0 Å². The maximum absolute atomic E-state index is 13.1. The van der Waals surface area contributed by atoms with Gasteiger partial charge in [-0.1, -0.05) is 48.5 Å². The molecule has 3 heterocycles. The quantitative estimate of drug-likeness (QED) is 0.649. The maximum atomic E-state index is 13.1. The molecule has 1 fully saturated rings. The highest BCUT2D eigenvalue weighted by atomic mass is 32.2. The molecule has 0 unspecified atom stereocenters. The van der Waals surface area contributed by atoms with Crippen LogP contribution in [0.2, 0.25) is 0 Å². The molecule has 4 rings (SSSR count). The molecule has 2 aliphatic heterocycles. The zero-order valence-corrected chi connectivity index (χ0v) is 18.0. The topological polar surface area (TPSA) is 85.2 Å². The summed E-state index contributed by atoms with van der Waals surface area (Å²) in [5, 5.41) is 9.36. The molecule has 0 saturated carbocycles. The van der Waals surface area contributed by atoms with Gasteiger partial charge in [-0.15, -0.1) is 10.2 Å². The zero-order valence-electron chi connectivity index (χ0n) is 16.4. The molecule has 1 aromatic carbocycles. The van der Waals surface area contributed by atoms with E-state index in [0.717, 1.165) is 42.4 Å². The Morgan fingerprint density at radius 1 is 1.17 bits per heavy atom. The fourth-order valence-corrected chi connectivity index (χ4v) is 6.60. The molecule has 0 aliphatic carbocycles. The number of sulfone groups is 1. The summed E-state index contributed by atoms with van der Waals surface area (Å²) in [5.74, 6) is 1.39. The number of hydrogen-bond acceptors (Lipinski definition) is 6. The van der Waals surface area contributed by atoms with Gasteiger partial charge in [-0.25, -0.2) is 8.42 Å². The number of amides is 1. The number of carbonyl (C=O) groups is 1. The van der Waals surface area contributed by atoms with E-state index in [-0.39, 0.29) is 29.2 Å². The number of thioether (sulfide) groups is 1. The molecule has 156 valence electrons. The van der Waals surface area contributed by atoms with Crippen molar-refractivity contribution >= 4 is 27.5 Å². The van der Waals surface area contributed by atoms with Gasteiger partial charge in [-0.3, -0.25) is 4.79 Å². The van der Waals surface area contributed by atoms with E-state index in [1.165, 1.54) is 18.2 Å². The van der Waals surface area contributed by atoms with Crippen molar-refractivity contribution in [3.05, 3.63) is 41.7 Å². The van der Waals surface area contributed by atoms with Crippen LogP contribution in [0.5, 0.6) is 0 Å². The van der Waals surface area contributed by atoms with Crippen molar-refractivity contribution in [2.75, 3.05) is 17.3 Å². The van der Waals surface area contributed by atoms with Gasteiger partial charge in [-0.2, -0.15) is 0 Å². The van der Waals surface area contributed by atoms with Crippen LogP contribution in [0.1, 0.15) is 37.1 Å². The van der Waals surface area contributed by atoms with Gasteiger partial charge in [0.1, 0.15) is 5.82 Å². The number of hydrogen-bond donors (Lipinski definition) is 0. The second-order valence-electron chi connectivity index (χ2n) is 7.71. The number of aryl methyl sites for hydroxylation is 1. The number of aromatic nitrogens is 3. The molecule has 1 saturated heterocycles. The lowest BCUT2D eigenvalue weighted by molar-refractivity contribution is -0.130. The lowest BCUT2D eigenvalue weighted by Gasteiger charge is -2.28. The van der Waals surface area contributed by atoms with E-state index in [0.29, 0.717) is 13.0 Å². The Morgan fingerprint density at radius 2 is 2.00 bits per heavy atom. The van der Waals surface area contributed by atoms with Gasteiger partial charge in [0.15, 0.2) is 15.0 Å². The monoisotopic (exact) mass is 434 g/mol. The normalized spacial score (nSPS) is 20.8. The molecule has 0 spiro atoms. The van der Waals surface area contributed by atoms with Crippen LogP contribution in [0.15, 0.2) is 35.5 Å². The Labute approximate surface area is 175 Å². The highest BCUT2D eigenvalue weighted by Gasteiger charge is 2.34.